The Morgan fingerprint density at radius 2 is 2.17 bits per heavy atom. The lowest BCUT2D eigenvalue weighted by Gasteiger charge is -2.32. The van der Waals surface area contributed by atoms with Gasteiger partial charge in [0.15, 0.2) is 0 Å². The predicted octanol–water partition coefficient (Wildman–Crippen LogP) is 0.694. The van der Waals surface area contributed by atoms with Crippen molar-refractivity contribution in [3.05, 3.63) is 0 Å². The van der Waals surface area contributed by atoms with E-state index in [4.69, 9.17) is 6.42 Å². The smallest absolute Gasteiger partial charge is 0.0601 e. The molecule has 0 radical (unpaired) electrons. The number of nitrogens with zero attached hydrogens (tertiary/aromatic N) is 1. The minimum Gasteiger partial charge on any atom is -0.317 e. The Morgan fingerprint density at radius 3 is 2.67 bits per heavy atom. The summed E-state index contributed by atoms with van der Waals surface area (Å²) in [5.41, 5.74) is 0. The molecule has 0 spiro atoms. The van der Waals surface area contributed by atoms with E-state index >= 15 is 0 Å². The molecule has 0 aromatic carbocycles. The first kappa shape index (κ1) is 9.57. The van der Waals surface area contributed by atoms with Crippen LogP contribution in [-0.2, 0) is 0 Å². The summed E-state index contributed by atoms with van der Waals surface area (Å²) in [5, 5.41) is 3.36. The molecule has 68 valence electrons. The summed E-state index contributed by atoms with van der Waals surface area (Å²) in [6.45, 7) is 6.35. The standard InChI is InChI=1S/C10H18N2/c1-3-9-12(4-2)10-5-7-11-8-6-10/h1,10-11H,4-9H2,2H3. The van der Waals surface area contributed by atoms with Crippen molar-refractivity contribution in [2.45, 2.75) is 25.8 Å². The third kappa shape index (κ3) is 2.51. The van der Waals surface area contributed by atoms with Crippen molar-refractivity contribution in [2.24, 2.45) is 0 Å². The van der Waals surface area contributed by atoms with E-state index in [1.165, 1.54) is 12.8 Å². The maximum Gasteiger partial charge on any atom is 0.0601 e. The summed E-state index contributed by atoms with van der Waals surface area (Å²) in [6, 6.07) is 0.715. The van der Waals surface area contributed by atoms with E-state index in [-0.39, 0.29) is 0 Å². The fraction of sp³-hybridized carbons (Fsp3) is 0.800. The molecule has 0 unspecified atom stereocenters. The molecule has 1 aliphatic heterocycles. The zero-order valence-electron chi connectivity index (χ0n) is 7.84. The van der Waals surface area contributed by atoms with Gasteiger partial charge >= 0.3 is 0 Å². The molecule has 0 saturated carbocycles. The lowest BCUT2D eigenvalue weighted by molar-refractivity contribution is 0.190. The fourth-order valence-electron chi connectivity index (χ4n) is 1.79. The van der Waals surface area contributed by atoms with Crippen molar-refractivity contribution in [2.75, 3.05) is 26.2 Å². The molecule has 1 rings (SSSR count). The number of hydrogen-bond acceptors (Lipinski definition) is 2. The molecule has 12 heavy (non-hydrogen) atoms. The number of piperidine rings is 1. The van der Waals surface area contributed by atoms with Crippen molar-refractivity contribution >= 4 is 0 Å². The van der Waals surface area contributed by atoms with Gasteiger partial charge in [-0.25, -0.2) is 0 Å². The number of hydrogen-bond donors (Lipinski definition) is 1. The molecule has 1 aliphatic rings. The van der Waals surface area contributed by atoms with Crippen LogP contribution in [0.3, 0.4) is 0 Å². The predicted molar refractivity (Wildman–Crippen MR) is 52.0 cm³/mol. The SMILES string of the molecule is C#CCN(CC)C1CCNCC1. The van der Waals surface area contributed by atoms with Gasteiger partial charge in [-0.1, -0.05) is 12.8 Å². The highest BCUT2D eigenvalue weighted by molar-refractivity contribution is 4.91. The van der Waals surface area contributed by atoms with Crippen LogP contribution in [0, 0.1) is 12.3 Å². The summed E-state index contributed by atoms with van der Waals surface area (Å²) < 4.78 is 0. The van der Waals surface area contributed by atoms with Crippen LogP contribution in [0.4, 0.5) is 0 Å². The monoisotopic (exact) mass is 166 g/mol. The maximum absolute atomic E-state index is 5.30. The van der Waals surface area contributed by atoms with Crippen molar-refractivity contribution in [1.29, 1.82) is 0 Å². The van der Waals surface area contributed by atoms with Gasteiger partial charge in [0.05, 0.1) is 6.54 Å². The molecule has 0 amide bonds. The highest BCUT2D eigenvalue weighted by Gasteiger charge is 2.18. The van der Waals surface area contributed by atoms with E-state index in [2.05, 4.69) is 23.1 Å². The maximum atomic E-state index is 5.30. The van der Waals surface area contributed by atoms with Gasteiger partial charge in [-0.15, -0.1) is 6.42 Å². The lowest BCUT2D eigenvalue weighted by atomic mass is 10.1. The molecule has 0 atom stereocenters. The normalized spacial score (nSPS) is 19.4. The van der Waals surface area contributed by atoms with Gasteiger partial charge in [-0.05, 0) is 32.5 Å². The topological polar surface area (TPSA) is 15.3 Å². The van der Waals surface area contributed by atoms with Crippen LogP contribution < -0.4 is 5.32 Å². The van der Waals surface area contributed by atoms with Gasteiger partial charge in [0.2, 0.25) is 0 Å². The highest BCUT2D eigenvalue weighted by atomic mass is 15.2. The number of nitrogens with one attached hydrogen (secondary N) is 1. The first-order valence-electron chi connectivity index (χ1n) is 4.76. The molecule has 1 saturated heterocycles. The highest BCUT2D eigenvalue weighted by Crippen LogP contribution is 2.10. The van der Waals surface area contributed by atoms with Crippen LogP contribution in [0.15, 0.2) is 0 Å². The molecule has 0 aromatic heterocycles. The second-order valence-electron chi connectivity index (χ2n) is 3.25. The van der Waals surface area contributed by atoms with Crippen LogP contribution in [-0.4, -0.2) is 37.1 Å². The average Bonchev–Trinajstić information content (AvgIpc) is 2.15. The van der Waals surface area contributed by atoms with Gasteiger partial charge in [0.1, 0.15) is 0 Å². The van der Waals surface area contributed by atoms with Gasteiger partial charge in [-0.3, -0.25) is 4.90 Å². The van der Waals surface area contributed by atoms with E-state index in [0.717, 1.165) is 26.2 Å². The molecule has 1 N–H and O–H groups in total. The molecule has 0 bridgehead atoms. The molecular weight excluding hydrogens is 148 g/mol. The molecule has 1 heterocycles. The zero-order chi connectivity index (χ0) is 8.81. The molecule has 1 fully saturated rings. The minimum atomic E-state index is 0.715. The van der Waals surface area contributed by atoms with E-state index in [0.29, 0.717) is 6.04 Å². The Hall–Kier alpha value is -0.520. The summed E-state index contributed by atoms with van der Waals surface area (Å²) in [5.74, 6) is 2.72. The van der Waals surface area contributed by atoms with Gasteiger partial charge in [0, 0.05) is 6.04 Å². The van der Waals surface area contributed by atoms with Crippen molar-refractivity contribution in [3.8, 4) is 12.3 Å². The van der Waals surface area contributed by atoms with Gasteiger partial charge in [-0.2, -0.15) is 0 Å². The minimum absolute atomic E-state index is 0.715. The van der Waals surface area contributed by atoms with Gasteiger partial charge < -0.3 is 5.32 Å². The van der Waals surface area contributed by atoms with Gasteiger partial charge in [0.25, 0.3) is 0 Å². The second kappa shape index (κ2) is 5.18. The number of rotatable bonds is 3. The molecular formula is C10H18N2. The quantitative estimate of drug-likeness (QED) is 0.621. The van der Waals surface area contributed by atoms with E-state index < -0.39 is 0 Å². The molecule has 2 nitrogen and oxygen atoms in total. The third-order valence-corrected chi connectivity index (χ3v) is 2.53. The Balaban J connectivity index is 2.36. The Labute approximate surface area is 75.3 Å². The fourth-order valence-corrected chi connectivity index (χ4v) is 1.79. The molecule has 2 heteroatoms. The van der Waals surface area contributed by atoms with E-state index in [9.17, 15) is 0 Å². The third-order valence-electron chi connectivity index (χ3n) is 2.53. The van der Waals surface area contributed by atoms with Crippen molar-refractivity contribution in [3.63, 3.8) is 0 Å². The Morgan fingerprint density at radius 1 is 1.50 bits per heavy atom. The van der Waals surface area contributed by atoms with Crippen LogP contribution in [0.5, 0.6) is 0 Å². The van der Waals surface area contributed by atoms with Crippen LogP contribution in [0.25, 0.3) is 0 Å². The first-order chi connectivity index (χ1) is 5.88. The summed E-state index contributed by atoms with van der Waals surface area (Å²) in [7, 11) is 0. The van der Waals surface area contributed by atoms with Crippen LogP contribution in [0.1, 0.15) is 19.8 Å². The van der Waals surface area contributed by atoms with Crippen molar-refractivity contribution < 1.29 is 0 Å². The molecule has 0 aromatic rings. The first-order valence-corrected chi connectivity index (χ1v) is 4.76. The number of terminal acetylenes is 1. The van der Waals surface area contributed by atoms with Crippen molar-refractivity contribution in [1.82, 2.24) is 10.2 Å². The average molecular weight is 166 g/mol. The zero-order valence-corrected chi connectivity index (χ0v) is 7.84. The van der Waals surface area contributed by atoms with Crippen LogP contribution in [0.2, 0.25) is 0 Å². The lowest BCUT2D eigenvalue weighted by Crippen LogP contribution is -2.43. The largest absolute Gasteiger partial charge is 0.317 e. The second-order valence-corrected chi connectivity index (χ2v) is 3.25. The Bertz CT molecular complexity index is 154. The van der Waals surface area contributed by atoms with Crippen LogP contribution >= 0.6 is 0 Å². The Kier molecular flexibility index (Phi) is 4.13. The summed E-state index contributed by atoms with van der Waals surface area (Å²) >= 11 is 0. The summed E-state index contributed by atoms with van der Waals surface area (Å²) in [4.78, 5) is 2.39. The van der Waals surface area contributed by atoms with E-state index in [1.807, 2.05) is 0 Å². The molecule has 0 aliphatic carbocycles. The summed E-state index contributed by atoms with van der Waals surface area (Å²) in [6.07, 6.45) is 7.80. The van der Waals surface area contributed by atoms with E-state index in [1.54, 1.807) is 0 Å².